The van der Waals surface area contributed by atoms with E-state index in [2.05, 4.69) is 25.4 Å². The molecule has 0 saturated carbocycles. The molecule has 2 saturated heterocycles. The number of halogens is 4. The lowest BCUT2D eigenvalue weighted by molar-refractivity contribution is -0.164. The van der Waals surface area contributed by atoms with Gasteiger partial charge < -0.3 is 25.3 Å². The molecule has 5 heterocycles. The lowest BCUT2D eigenvalue weighted by Crippen LogP contribution is -2.45. The molecule has 5 rings (SSSR count). The zero-order valence-electron chi connectivity index (χ0n) is 19.4. The second kappa shape index (κ2) is 9.32. The molecule has 0 aromatic carbocycles. The predicted molar refractivity (Wildman–Crippen MR) is 124 cm³/mol. The summed E-state index contributed by atoms with van der Waals surface area (Å²) in [5, 5.41) is 27.2. The van der Waals surface area contributed by atoms with Crippen molar-refractivity contribution >= 4 is 34.3 Å². The topological polar surface area (TPSA) is 115 Å². The molecule has 14 heteroatoms. The predicted octanol–water partition coefficient (Wildman–Crippen LogP) is 2.57. The van der Waals surface area contributed by atoms with Gasteiger partial charge in [-0.05, 0) is 25.8 Å². The Balaban J connectivity index is 1.46. The lowest BCUT2D eigenvalue weighted by atomic mass is 10.1. The smallest absolute Gasteiger partial charge is 0.391 e. The van der Waals surface area contributed by atoms with Gasteiger partial charge in [-0.1, -0.05) is 0 Å². The Bertz CT molecular complexity index is 1240. The van der Waals surface area contributed by atoms with Gasteiger partial charge in [0.1, 0.15) is 23.8 Å². The highest BCUT2D eigenvalue weighted by atomic mass is 19.4. The van der Waals surface area contributed by atoms with Crippen molar-refractivity contribution in [2.45, 2.75) is 50.4 Å². The molecule has 194 valence electrons. The van der Waals surface area contributed by atoms with Crippen LogP contribution in [0.4, 0.5) is 41.0 Å². The summed E-state index contributed by atoms with van der Waals surface area (Å²) in [6, 6.07) is 1.15. The van der Waals surface area contributed by atoms with Crippen LogP contribution in [0.15, 0.2) is 24.5 Å². The fraction of sp³-hybridized carbons (Fsp3) is 0.545. The number of hydrogen-bond donors (Lipinski definition) is 3. The minimum atomic E-state index is -4.52. The van der Waals surface area contributed by atoms with E-state index >= 15 is 0 Å². The van der Waals surface area contributed by atoms with Gasteiger partial charge in [-0.25, -0.2) is 14.4 Å². The first kappa shape index (κ1) is 24.4. The van der Waals surface area contributed by atoms with E-state index in [-0.39, 0.29) is 36.8 Å². The Morgan fingerprint density at radius 2 is 1.86 bits per heavy atom. The Kier molecular flexibility index (Phi) is 6.32. The van der Waals surface area contributed by atoms with Crippen LogP contribution in [0, 0.1) is 0 Å². The van der Waals surface area contributed by atoms with Crippen molar-refractivity contribution in [1.29, 1.82) is 0 Å². The molecule has 0 radical (unpaired) electrons. The van der Waals surface area contributed by atoms with Crippen LogP contribution in [0.2, 0.25) is 0 Å². The molecule has 2 aliphatic rings. The van der Waals surface area contributed by atoms with E-state index in [9.17, 15) is 27.8 Å². The number of hydrogen-bond acceptors (Lipinski definition) is 9. The molecule has 0 bridgehead atoms. The van der Waals surface area contributed by atoms with Gasteiger partial charge in [0.2, 0.25) is 5.95 Å². The number of piperidine rings is 1. The van der Waals surface area contributed by atoms with Gasteiger partial charge in [0.05, 0.1) is 29.7 Å². The van der Waals surface area contributed by atoms with E-state index in [1.807, 2.05) is 0 Å². The summed E-state index contributed by atoms with van der Waals surface area (Å²) >= 11 is 0. The number of alkyl halides is 4. The first-order valence-corrected chi connectivity index (χ1v) is 11.7. The third kappa shape index (κ3) is 4.74. The summed E-state index contributed by atoms with van der Waals surface area (Å²) in [6.07, 6.45) is -3.83. The van der Waals surface area contributed by atoms with Gasteiger partial charge in [0, 0.05) is 38.1 Å². The van der Waals surface area contributed by atoms with Crippen molar-refractivity contribution in [3.05, 3.63) is 24.5 Å². The second-order valence-corrected chi connectivity index (χ2v) is 9.15. The van der Waals surface area contributed by atoms with Gasteiger partial charge in [-0.15, -0.1) is 0 Å². The standard InChI is InChI=1S/C22H26F4N8O2/c1-12(22(24,25)26)34-16-8-19(28-9-14(16)20(31-34)32-6-3-13(35)10-32)29-18-2-5-27-21(30-18)33-7-4-17(36)15(23)11-33/h2,5,8-9,12-13,15,17,35-36H,3-4,6-7,10-11H2,1H3,(H,27,28,29,30). The summed E-state index contributed by atoms with van der Waals surface area (Å²) in [7, 11) is 0. The maximum atomic E-state index is 14.0. The molecule has 10 nitrogen and oxygen atoms in total. The number of nitrogens with one attached hydrogen (secondary N) is 1. The van der Waals surface area contributed by atoms with E-state index in [1.54, 1.807) is 15.9 Å². The minimum absolute atomic E-state index is 0.0443. The Morgan fingerprint density at radius 1 is 1.08 bits per heavy atom. The number of aromatic nitrogens is 5. The summed E-state index contributed by atoms with van der Waals surface area (Å²) in [5.41, 5.74) is 0.230. The zero-order chi connectivity index (χ0) is 25.6. The molecular formula is C22H26F4N8O2. The second-order valence-electron chi connectivity index (χ2n) is 9.15. The Hall–Kier alpha value is -3.26. The molecule has 0 amide bonds. The molecule has 4 atom stereocenters. The van der Waals surface area contributed by atoms with Crippen LogP contribution < -0.4 is 15.1 Å². The van der Waals surface area contributed by atoms with Crippen molar-refractivity contribution in [2.24, 2.45) is 0 Å². The fourth-order valence-electron chi connectivity index (χ4n) is 4.46. The number of pyridine rings is 1. The van der Waals surface area contributed by atoms with E-state index in [0.29, 0.717) is 36.5 Å². The summed E-state index contributed by atoms with van der Waals surface area (Å²) in [6.45, 7) is 2.14. The first-order chi connectivity index (χ1) is 17.1. The summed E-state index contributed by atoms with van der Waals surface area (Å²) < 4.78 is 55.7. The quantitative estimate of drug-likeness (QED) is 0.446. The average molecular weight is 510 g/mol. The number of nitrogens with zero attached hydrogens (tertiary/aromatic N) is 7. The van der Waals surface area contributed by atoms with Crippen LogP contribution in [0.25, 0.3) is 10.9 Å². The average Bonchev–Trinajstić information content (AvgIpc) is 3.43. The number of fused-ring (bicyclic) bond motifs is 1. The van der Waals surface area contributed by atoms with Crippen LogP contribution in [0.3, 0.4) is 0 Å². The molecule has 0 spiro atoms. The number of rotatable bonds is 5. The Labute approximate surface area is 203 Å². The molecule has 4 unspecified atom stereocenters. The van der Waals surface area contributed by atoms with Gasteiger partial charge >= 0.3 is 6.18 Å². The van der Waals surface area contributed by atoms with Crippen LogP contribution >= 0.6 is 0 Å². The highest BCUT2D eigenvalue weighted by molar-refractivity contribution is 5.92. The molecule has 36 heavy (non-hydrogen) atoms. The van der Waals surface area contributed by atoms with Crippen molar-refractivity contribution in [3.8, 4) is 0 Å². The van der Waals surface area contributed by atoms with Crippen LogP contribution in [0.1, 0.15) is 25.8 Å². The first-order valence-electron chi connectivity index (χ1n) is 11.7. The summed E-state index contributed by atoms with van der Waals surface area (Å²) in [5.74, 6) is 1.18. The molecule has 0 aliphatic carbocycles. The molecule has 2 fully saturated rings. The largest absolute Gasteiger partial charge is 0.410 e. The monoisotopic (exact) mass is 510 g/mol. The van der Waals surface area contributed by atoms with E-state index in [0.717, 1.165) is 11.6 Å². The number of aliphatic hydroxyl groups excluding tert-OH is 2. The summed E-state index contributed by atoms with van der Waals surface area (Å²) in [4.78, 5) is 16.3. The van der Waals surface area contributed by atoms with Gasteiger partial charge in [0.25, 0.3) is 0 Å². The van der Waals surface area contributed by atoms with Crippen molar-refractivity contribution in [3.63, 3.8) is 0 Å². The van der Waals surface area contributed by atoms with E-state index in [1.165, 1.54) is 18.5 Å². The van der Waals surface area contributed by atoms with E-state index < -0.39 is 30.6 Å². The highest BCUT2D eigenvalue weighted by Crippen LogP contribution is 2.37. The molecule has 2 aliphatic heterocycles. The number of aliphatic hydroxyl groups is 2. The maximum absolute atomic E-state index is 14.0. The van der Waals surface area contributed by atoms with E-state index in [4.69, 9.17) is 0 Å². The zero-order valence-corrected chi connectivity index (χ0v) is 19.4. The SMILES string of the molecule is CC(n1nc(N2CCC(O)C2)c2cnc(Nc3ccnc(N4CCC(O)C(F)C4)n3)cc21)C(F)(F)F. The minimum Gasteiger partial charge on any atom is -0.391 e. The van der Waals surface area contributed by atoms with Crippen LogP contribution in [-0.4, -0.2) is 85.7 Å². The third-order valence-corrected chi connectivity index (χ3v) is 6.56. The van der Waals surface area contributed by atoms with Crippen molar-refractivity contribution in [1.82, 2.24) is 24.7 Å². The molecule has 3 aromatic rings. The number of β-amino-alcohol motifs (C(OH)–C–C–N with tert-alkyl or cyclic N) is 1. The van der Waals surface area contributed by atoms with Gasteiger partial charge in [-0.2, -0.15) is 23.3 Å². The maximum Gasteiger partial charge on any atom is 0.410 e. The van der Waals surface area contributed by atoms with Crippen LogP contribution in [0.5, 0.6) is 0 Å². The fourth-order valence-corrected chi connectivity index (χ4v) is 4.46. The molecule has 3 aromatic heterocycles. The van der Waals surface area contributed by atoms with Gasteiger partial charge in [-0.3, -0.25) is 4.68 Å². The van der Waals surface area contributed by atoms with Crippen molar-refractivity contribution in [2.75, 3.05) is 41.3 Å². The van der Waals surface area contributed by atoms with Crippen molar-refractivity contribution < 1.29 is 27.8 Å². The Morgan fingerprint density at radius 3 is 2.56 bits per heavy atom. The van der Waals surface area contributed by atoms with Gasteiger partial charge in [0.15, 0.2) is 5.82 Å². The number of anilines is 4. The molecular weight excluding hydrogens is 484 g/mol. The normalized spacial score (nSPS) is 23.9. The van der Waals surface area contributed by atoms with Crippen LogP contribution in [-0.2, 0) is 0 Å². The lowest BCUT2D eigenvalue weighted by Gasteiger charge is -2.32. The third-order valence-electron chi connectivity index (χ3n) is 6.56. The highest BCUT2D eigenvalue weighted by Gasteiger charge is 2.40. The molecule has 3 N–H and O–H groups in total.